The molecule has 0 saturated heterocycles. The number of hydrogen-bond donors (Lipinski definition) is 4. The van der Waals surface area contributed by atoms with Gasteiger partial charge in [-0.3, -0.25) is 10.0 Å². The third kappa shape index (κ3) is 6.53. The Labute approximate surface area is 198 Å². The van der Waals surface area contributed by atoms with Gasteiger partial charge in [0.2, 0.25) is 10.0 Å². The lowest BCUT2D eigenvalue weighted by Gasteiger charge is -2.37. The second-order valence-electron chi connectivity index (χ2n) is 8.21. The summed E-state index contributed by atoms with van der Waals surface area (Å²) in [5, 5.41) is 1.79. The minimum atomic E-state index is -3.47. The molecule has 6 N–H and O–H groups in total. The lowest BCUT2D eigenvalue weighted by Crippen LogP contribution is -2.54. The molecular weight excluding hydrogens is 469 g/mol. The van der Waals surface area contributed by atoms with Crippen LogP contribution in [0, 0.1) is 5.82 Å². The molecule has 0 aromatic heterocycles. The van der Waals surface area contributed by atoms with Gasteiger partial charge >= 0.3 is 0 Å². The van der Waals surface area contributed by atoms with Crippen LogP contribution in [0.25, 0.3) is 0 Å². The first-order valence-electron chi connectivity index (χ1n) is 10.5. The molecule has 1 saturated carbocycles. The second kappa shape index (κ2) is 10.2. The van der Waals surface area contributed by atoms with Crippen molar-refractivity contribution >= 4 is 38.9 Å². The minimum absolute atomic E-state index is 0.00336. The summed E-state index contributed by atoms with van der Waals surface area (Å²) >= 11 is 6.14. The number of nitrogens with zero attached hydrogens (tertiary/aromatic N) is 3. The van der Waals surface area contributed by atoms with Gasteiger partial charge in [0.05, 0.1) is 40.0 Å². The van der Waals surface area contributed by atoms with Crippen LogP contribution in [0.1, 0.15) is 32.6 Å². The summed E-state index contributed by atoms with van der Waals surface area (Å²) in [6.07, 6.45) is 5.30. The van der Waals surface area contributed by atoms with Crippen LogP contribution in [0.3, 0.4) is 0 Å². The van der Waals surface area contributed by atoms with Crippen LogP contribution < -0.4 is 21.6 Å². The van der Waals surface area contributed by atoms with Crippen LogP contribution in [-0.4, -0.2) is 49.5 Å². The normalized spacial score (nSPS) is 24.5. The molecule has 0 bridgehead atoms. The molecule has 12 heteroatoms. The molecular formula is C21H29ClFN7O2S. The molecule has 0 spiro atoms. The van der Waals surface area contributed by atoms with Crippen molar-refractivity contribution in [2.75, 3.05) is 6.26 Å². The minimum Gasteiger partial charge on any atom is -0.383 e. The Kier molecular flexibility index (Phi) is 7.78. The van der Waals surface area contributed by atoms with Crippen molar-refractivity contribution in [2.45, 2.75) is 50.9 Å². The molecule has 2 aliphatic rings. The SMILES string of the molecule is C=C1C(=NC2CCC(N)CC2)C(C(N)=Nc2cc(F)ccc2Cl)=CNN1C(C)NS(C)(=O)=O. The Morgan fingerprint density at radius 3 is 2.67 bits per heavy atom. The quantitative estimate of drug-likeness (QED) is 0.351. The number of halogens is 2. The number of rotatable bonds is 6. The number of sulfonamides is 1. The van der Waals surface area contributed by atoms with Gasteiger partial charge in [-0.05, 0) is 44.7 Å². The fraction of sp³-hybridized carbons (Fsp3) is 0.429. The highest BCUT2D eigenvalue weighted by molar-refractivity contribution is 7.88. The number of nitrogens with one attached hydrogen (secondary N) is 2. The van der Waals surface area contributed by atoms with E-state index < -0.39 is 22.0 Å². The van der Waals surface area contributed by atoms with Gasteiger partial charge in [0, 0.05) is 18.3 Å². The van der Waals surface area contributed by atoms with Crippen molar-refractivity contribution in [3.63, 3.8) is 0 Å². The first-order valence-corrected chi connectivity index (χ1v) is 12.8. The van der Waals surface area contributed by atoms with E-state index in [1.165, 1.54) is 18.2 Å². The number of allylic oxidation sites excluding steroid dienone is 1. The average Bonchev–Trinajstić information content (AvgIpc) is 2.72. The summed E-state index contributed by atoms with van der Waals surface area (Å²) in [5.41, 5.74) is 16.8. The van der Waals surface area contributed by atoms with Gasteiger partial charge in [-0.2, -0.15) is 4.72 Å². The summed E-state index contributed by atoms with van der Waals surface area (Å²) in [6, 6.07) is 3.98. The lowest BCUT2D eigenvalue weighted by atomic mass is 9.91. The molecule has 0 radical (unpaired) electrons. The molecule has 1 unspecified atom stereocenters. The van der Waals surface area contributed by atoms with Crippen LogP contribution >= 0.6 is 11.6 Å². The predicted octanol–water partition coefficient (Wildman–Crippen LogP) is 2.29. The highest BCUT2D eigenvalue weighted by Gasteiger charge is 2.30. The molecule has 0 amide bonds. The zero-order valence-electron chi connectivity index (χ0n) is 18.6. The van der Waals surface area contributed by atoms with Crippen molar-refractivity contribution in [1.82, 2.24) is 15.2 Å². The highest BCUT2D eigenvalue weighted by atomic mass is 35.5. The largest absolute Gasteiger partial charge is 0.383 e. The van der Waals surface area contributed by atoms with Crippen LogP contribution in [0.2, 0.25) is 5.02 Å². The van der Waals surface area contributed by atoms with Gasteiger partial charge in [0.1, 0.15) is 17.8 Å². The number of hydrogen-bond acceptors (Lipinski definition) is 7. The Hall–Kier alpha value is -2.47. The standard InChI is InChI=1S/C21H29ClFN7O2S/c1-12-20(27-16-7-5-15(24)6-8-16)17(11-26-30(12)13(2)29-33(3,31)32)21(25)28-19-10-14(23)4-9-18(19)22/h4,9-11,13,15-16,26,29H,1,5-8,24H2,2-3H3,(H2,25,28). The van der Waals surface area contributed by atoms with E-state index in [1.54, 1.807) is 18.1 Å². The Morgan fingerprint density at radius 1 is 1.36 bits per heavy atom. The fourth-order valence-electron chi connectivity index (χ4n) is 3.77. The van der Waals surface area contributed by atoms with Crippen molar-refractivity contribution < 1.29 is 12.8 Å². The Balaban J connectivity index is 1.99. The van der Waals surface area contributed by atoms with Crippen molar-refractivity contribution in [3.05, 3.63) is 53.1 Å². The molecule has 33 heavy (non-hydrogen) atoms. The van der Waals surface area contributed by atoms with E-state index in [2.05, 4.69) is 21.7 Å². The molecule has 1 aliphatic heterocycles. The number of aliphatic imine (C=N–C) groups is 2. The lowest BCUT2D eigenvalue weighted by molar-refractivity contribution is 0.216. The van der Waals surface area contributed by atoms with Crippen LogP contribution in [-0.2, 0) is 10.0 Å². The molecule has 1 aromatic carbocycles. The summed E-state index contributed by atoms with van der Waals surface area (Å²) < 4.78 is 39.6. The summed E-state index contributed by atoms with van der Waals surface area (Å²) in [6.45, 7) is 5.78. The smallest absolute Gasteiger partial charge is 0.210 e. The zero-order chi connectivity index (χ0) is 24.3. The van der Waals surface area contributed by atoms with Gasteiger partial charge in [0.25, 0.3) is 0 Å². The molecule has 1 atom stereocenters. The van der Waals surface area contributed by atoms with Gasteiger partial charge in [-0.15, -0.1) is 0 Å². The molecule has 9 nitrogen and oxygen atoms in total. The first-order chi connectivity index (χ1) is 15.4. The molecule has 1 aliphatic carbocycles. The molecule has 180 valence electrons. The van der Waals surface area contributed by atoms with E-state index in [0.717, 1.165) is 31.9 Å². The Morgan fingerprint density at radius 2 is 2.03 bits per heavy atom. The Bertz CT molecular complexity index is 1110. The number of amidine groups is 1. The van der Waals surface area contributed by atoms with E-state index >= 15 is 0 Å². The molecule has 1 aromatic rings. The predicted molar refractivity (Wildman–Crippen MR) is 130 cm³/mol. The number of hydrazine groups is 1. The maximum Gasteiger partial charge on any atom is 0.210 e. The summed E-state index contributed by atoms with van der Waals surface area (Å²) in [7, 11) is -3.47. The monoisotopic (exact) mass is 497 g/mol. The van der Waals surface area contributed by atoms with Gasteiger partial charge in [-0.25, -0.2) is 17.8 Å². The average molecular weight is 498 g/mol. The van der Waals surface area contributed by atoms with Crippen LogP contribution in [0.15, 0.2) is 52.2 Å². The summed E-state index contributed by atoms with van der Waals surface area (Å²) in [4.78, 5) is 9.19. The number of nitrogens with two attached hydrogens (primary N) is 2. The zero-order valence-corrected chi connectivity index (χ0v) is 20.1. The third-order valence-electron chi connectivity index (χ3n) is 5.42. The van der Waals surface area contributed by atoms with Crippen molar-refractivity contribution in [3.8, 4) is 0 Å². The third-order valence-corrected chi connectivity index (χ3v) is 6.51. The second-order valence-corrected chi connectivity index (χ2v) is 10.4. The van der Waals surface area contributed by atoms with E-state index in [-0.39, 0.29) is 28.6 Å². The molecule has 3 rings (SSSR count). The summed E-state index contributed by atoms with van der Waals surface area (Å²) in [5.74, 6) is -0.434. The van der Waals surface area contributed by atoms with E-state index in [1.807, 2.05) is 0 Å². The van der Waals surface area contributed by atoms with Gasteiger partial charge < -0.3 is 16.9 Å². The van der Waals surface area contributed by atoms with Gasteiger partial charge in [-0.1, -0.05) is 18.2 Å². The fourth-order valence-corrected chi connectivity index (χ4v) is 4.66. The maximum atomic E-state index is 13.7. The highest BCUT2D eigenvalue weighted by Crippen LogP contribution is 2.28. The first kappa shape index (κ1) is 25.2. The maximum absolute atomic E-state index is 13.7. The van der Waals surface area contributed by atoms with Crippen LogP contribution in [0.4, 0.5) is 10.1 Å². The number of benzene rings is 1. The van der Waals surface area contributed by atoms with E-state index in [9.17, 15) is 12.8 Å². The topological polar surface area (TPSA) is 138 Å². The van der Waals surface area contributed by atoms with E-state index in [0.29, 0.717) is 17.0 Å². The van der Waals surface area contributed by atoms with Crippen molar-refractivity contribution in [1.29, 1.82) is 0 Å². The molecule has 1 fully saturated rings. The van der Waals surface area contributed by atoms with Gasteiger partial charge in [0.15, 0.2) is 0 Å². The molecule has 1 heterocycles. The van der Waals surface area contributed by atoms with Crippen LogP contribution in [0.5, 0.6) is 0 Å². The van der Waals surface area contributed by atoms with E-state index in [4.69, 9.17) is 28.1 Å². The van der Waals surface area contributed by atoms with Crippen molar-refractivity contribution in [2.24, 2.45) is 21.5 Å².